The van der Waals surface area contributed by atoms with E-state index in [1.807, 2.05) is 6.20 Å². The van der Waals surface area contributed by atoms with E-state index >= 15 is 0 Å². The predicted molar refractivity (Wildman–Crippen MR) is 57.0 cm³/mol. The van der Waals surface area contributed by atoms with Crippen LogP contribution in [0.3, 0.4) is 0 Å². The van der Waals surface area contributed by atoms with Gasteiger partial charge in [0.15, 0.2) is 0 Å². The number of alkyl halides is 1. The lowest BCUT2D eigenvalue weighted by Gasteiger charge is -2.40. The molecule has 0 amide bonds. The smallest absolute Gasteiger partial charge is 0.0492 e. The largest absolute Gasteiger partial charge is 0.269 e. The van der Waals surface area contributed by atoms with Crippen molar-refractivity contribution in [2.75, 3.05) is 5.33 Å². The van der Waals surface area contributed by atoms with Gasteiger partial charge in [-0.2, -0.15) is 5.10 Å². The summed E-state index contributed by atoms with van der Waals surface area (Å²) < 4.78 is 2.13. The number of hydrogen-bond acceptors (Lipinski definition) is 1. The van der Waals surface area contributed by atoms with Crippen molar-refractivity contribution < 1.29 is 0 Å². The SMILES string of the molecule is Cc1ccnn1CC1(CBr)CCC1. The van der Waals surface area contributed by atoms with E-state index in [1.54, 1.807) is 0 Å². The predicted octanol–water partition coefficient (Wildman–Crippen LogP) is 2.76. The lowest BCUT2D eigenvalue weighted by molar-refractivity contribution is 0.133. The summed E-state index contributed by atoms with van der Waals surface area (Å²) in [6.45, 7) is 3.20. The van der Waals surface area contributed by atoms with Crippen molar-refractivity contribution in [3.05, 3.63) is 18.0 Å². The van der Waals surface area contributed by atoms with E-state index in [4.69, 9.17) is 0 Å². The van der Waals surface area contributed by atoms with Gasteiger partial charge in [0.2, 0.25) is 0 Å². The van der Waals surface area contributed by atoms with Crippen LogP contribution in [-0.2, 0) is 6.54 Å². The molecule has 72 valence electrons. The average Bonchev–Trinajstić information content (AvgIpc) is 2.44. The number of aromatic nitrogens is 2. The van der Waals surface area contributed by atoms with Crippen LogP contribution < -0.4 is 0 Å². The van der Waals surface area contributed by atoms with Crippen LogP contribution in [0, 0.1) is 12.3 Å². The number of hydrogen-bond donors (Lipinski definition) is 0. The zero-order valence-corrected chi connectivity index (χ0v) is 9.55. The fourth-order valence-corrected chi connectivity index (χ4v) is 2.63. The van der Waals surface area contributed by atoms with Crippen LogP contribution in [0.1, 0.15) is 25.0 Å². The third-order valence-electron chi connectivity index (χ3n) is 3.11. The highest BCUT2D eigenvalue weighted by Crippen LogP contribution is 2.43. The van der Waals surface area contributed by atoms with Crippen molar-refractivity contribution in [1.82, 2.24) is 9.78 Å². The van der Waals surface area contributed by atoms with E-state index in [2.05, 4.69) is 38.7 Å². The number of nitrogens with zero attached hydrogens (tertiary/aromatic N) is 2. The molecule has 0 saturated heterocycles. The zero-order valence-electron chi connectivity index (χ0n) is 7.96. The van der Waals surface area contributed by atoms with Gasteiger partial charge in [0.05, 0.1) is 0 Å². The molecule has 3 heteroatoms. The van der Waals surface area contributed by atoms with Gasteiger partial charge < -0.3 is 0 Å². The lowest BCUT2D eigenvalue weighted by Crippen LogP contribution is -2.36. The van der Waals surface area contributed by atoms with Crippen LogP contribution in [0.5, 0.6) is 0 Å². The topological polar surface area (TPSA) is 17.8 Å². The first-order valence-corrected chi connectivity index (χ1v) is 5.92. The average molecular weight is 243 g/mol. The van der Waals surface area contributed by atoms with Gasteiger partial charge in [-0.15, -0.1) is 0 Å². The van der Waals surface area contributed by atoms with E-state index in [-0.39, 0.29) is 0 Å². The first-order valence-electron chi connectivity index (χ1n) is 4.80. The molecule has 0 unspecified atom stereocenters. The summed E-state index contributed by atoms with van der Waals surface area (Å²) in [7, 11) is 0. The molecule has 0 aromatic carbocycles. The highest BCUT2D eigenvalue weighted by Gasteiger charge is 2.36. The van der Waals surface area contributed by atoms with Gasteiger partial charge >= 0.3 is 0 Å². The van der Waals surface area contributed by atoms with Gasteiger partial charge in [-0.25, -0.2) is 0 Å². The monoisotopic (exact) mass is 242 g/mol. The summed E-state index contributed by atoms with van der Waals surface area (Å²) in [6.07, 6.45) is 5.96. The number of halogens is 1. The first kappa shape index (κ1) is 9.25. The van der Waals surface area contributed by atoms with Crippen LogP contribution in [0.15, 0.2) is 12.3 Å². The Morgan fingerprint density at radius 3 is 2.77 bits per heavy atom. The highest BCUT2D eigenvalue weighted by atomic mass is 79.9. The fourth-order valence-electron chi connectivity index (χ4n) is 1.89. The Balaban J connectivity index is 2.08. The quantitative estimate of drug-likeness (QED) is 0.746. The molecule has 1 fully saturated rings. The first-order chi connectivity index (χ1) is 6.26. The van der Waals surface area contributed by atoms with Crippen LogP contribution in [0.25, 0.3) is 0 Å². The van der Waals surface area contributed by atoms with Gasteiger partial charge in [0, 0.05) is 23.8 Å². The van der Waals surface area contributed by atoms with Crippen LogP contribution in [-0.4, -0.2) is 15.1 Å². The standard InChI is InChI=1S/C10H15BrN2/c1-9-3-6-12-13(9)8-10(7-11)4-2-5-10/h3,6H,2,4-5,7-8H2,1H3. The van der Waals surface area contributed by atoms with E-state index in [0.717, 1.165) is 11.9 Å². The summed E-state index contributed by atoms with van der Waals surface area (Å²) in [5.41, 5.74) is 1.77. The van der Waals surface area contributed by atoms with Crippen LogP contribution in [0.4, 0.5) is 0 Å². The van der Waals surface area contributed by atoms with Crippen molar-refractivity contribution in [1.29, 1.82) is 0 Å². The summed E-state index contributed by atoms with van der Waals surface area (Å²) in [5, 5.41) is 5.44. The maximum absolute atomic E-state index is 4.33. The molecule has 1 aromatic heterocycles. The Morgan fingerprint density at radius 1 is 1.62 bits per heavy atom. The molecule has 1 saturated carbocycles. The minimum absolute atomic E-state index is 0.497. The normalized spacial score (nSPS) is 19.8. The summed E-state index contributed by atoms with van der Waals surface area (Å²) in [6, 6.07) is 2.07. The Kier molecular flexibility index (Phi) is 2.45. The molecular formula is C10H15BrN2. The van der Waals surface area contributed by atoms with Crippen molar-refractivity contribution in [3.63, 3.8) is 0 Å². The van der Waals surface area contributed by atoms with Crippen molar-refractivity contribution in [2.45, 2.75) is 32.7 Å². The molecule has 0 bridgehead atoms. The van der Waals surface area contributed by atoms with Gasteiger partial charge in [-0.1, -0.05) is 22.4 Å². The van der Waals surface area contributed by atoms with Crippen LogP contribution >= 0.6 is 15.9 Å². The Bertz CT molecular complexity index is 283. The molecule has 2 nitrogen and oxygen atoms in total. The Labute approximate surface area is 87.5 Å². The summed E-state index contributed by atoms with van der Waals surface area (Å²) >= 11 is 3.61. The molecule has 1 heterocycles. The van der Waals surface area contributed by atoms with Gasteiger partial charge in [0.25, 0.3) is 0 Å². The van der Waals surface area contributed by atoms with Crippen LogP contribution in [0.2, 0.25) is 0 Å². The van der Waals surface area contributed by atoms with E-state index in [9.17, 15) is 0 Å². The van der Waals surface area contributed by atoms with Gasteiger partial charge in [0.1, 0.15) is 0 Å². The van der Waals surface area contributed by atoms with Crippen molar-refractivity contribution in [3.8, 4) is 0 Å². The molecule has 0 radical (unpaired) electrons. The molecule has 1 aliphatic rings. The fraction of sp³-hybridized carbons (Fsp3) is 0.700. The van der Waals surface area contributed by atoms with E-state index in [1.165, 1.54) is 25.0 Å². The second kappa shape index (κ2) is 3.45. The highest BCUT2D eigenvalue weighted by molar-refractivity contribution is 9.09. The maximum atomic E-state index is 4.33. The molecule has 2 rings (SSSR count). The molecule has 0 N–H and O–H groups in total. The number of aryl methyl sites for hydroxylation is 1. The number of rotatable bonds is 3. The van der Waals surface area contributed by atoms with Crippen molar-refractivity contribution >= 4 is 15.9 Å². The molecule has 0 spiro atoms. The maximum Gasteiger partial charge on any atom is 0.0492 e. The van der Waals surface area contributed by atoms with E-state index in [0.29, 0.717) is 5.41 Å². The lowest BCUT2D eigenvalue weighted by atomic mass is 9.70. The molecule has 13 heavy (non-hydrogen) atoms. The molecular weight excluding hydrogens is 228 g/mol. The second-order valence-electron chi connectivity index (χ2n) is 4.12. The zero-order chi connectivity index (χ0) is 9.31. The Hall–Kier alpha value is -0.310. The summed E-state index contributed by atoms with van der Waals surface area (Å²) in [4.78, 5) is 0. The third-order valence-corrected chi connectivity index (χ3v) is 4.30. The van der Waals surface area contributed by atoms with E-state index < -0.39 is 0 Å². The third kappa shape index (κ3) is 1.66. The minimum Gasteiger partial charge on any atom is -0.269 e. The minimum atomic E-state index is 0.497. The molecule has 1 aliphatic carbocycles. The Morgan fingerprint density at radius 2 is 2.38 bits per heavy atom. The molecule has 0 atom stereocenters. The molecule has 0 aliphatic heterocycles. The van der Waals surface area contributed by atoms with Gasteiger partial charge in [-0.05, 0) is 31.2 Å². The second-order valence-corrected chi connectivity index (χ2v) is 4.68. The molecule has 1 aromatic rings. The summed E-state index contributed by atoms with van der Waals surface area (Å²) in [5.74, 6) is 0. The van der Waals surface area contributed by atoms with Crippen molar-refractivity contribution in [2.24, 2.45) is 5.41 Å². The van der Waals surface area contributed by atoms with Gasteiger partial charge in [-0.3, -0.25) is 4.68 Å².